The van der Waals surface area contributed by atoms with Gasteiger partial charge in [-0.05, 0) is 50.7 Å². The Morgan fingerprint density at radius 2 is 1.73 bits per heavy atom. The lowest BCUT2D eigenvalue weighted by Crippen LogP contribution is -2.35. The SMILES string of the molecule is CC(C)(C)NCc1ccc(C2CC2)cc1. The number of hydrogen-bond acceptors (Lipinski definition) is 1. The summed E-state index contributed by atoms with van der Waals surface area (Å²) in [6, 6.07) is 9.09. The van der Waals surface area contributed by atoms with E-state index >= 15 is 0 Å². The second-order valence-corrected chi connectivity index (χ2v) is 5.62. The lowest BCUT2D eigenvalue weighted by molar-refractivity contribution is 0.424. The first-order chi connectivity index (χ1) is 7.04. The van der Waals surface area contributed by atoms with Gasteiger partial charge in [0.25, 0.3) is 0 Å². The predicted molar refractivity (Wildman–Crippen MR) is 65.0 cm³/mol. The van der Waals surface area contributed by atoms with Crippen LogP contribution in [0.2, 0.25) is 0 Å². The zero-order valence-electron chi connectivity index (χ0n) is 10.0. The van der Waals surface area contributed by atoms with Gasteiger partial charge in [-0.3, -0.25) is 0 Å². The van der Waals surface area contributed by atoms with Gasteiger partial charge < -0.3 is 5.32 Å². The Morgan fingerprint density at radius 3 is 2.20 bits per heavy atom. The zero-order valence-corrected chi connectivity index (χ0v) is 10.0. The molecule has 1 nitrogen and oxygen atoms in total. The number of rotatable bonds is 3. The largest absolute Gasteiger partial charge is 0.308 e. The van der Waals surface area contributed by atoms with E-state index in [9.17, 15) is 0 Å². The molecule has 1 aromatic rings. The van der Waals surface area contributed by atoms with Crippen molar-refractivity contribution < 1.29 is 0 Å². The summed E-state index contributed by atoms with van der Waals surface area (Å²) >= 11 is 0. The van der Waals surface area contributed by atoms with Gasteiger partial charge in [0.15, 0.2) is 0 Å². The zero-order chi connectivity index (χ0) is 10.9. The summed E-state index contributed by atoms with van der Waals surface area (Å²) in [4.78, 5) is 0. The number of hydrogen-bond donors (Lipinski definition) is 1. The first kappa shape index (κ1) is 10.7. The number of benzene rings is 1. The molecule has 0 aromatic heterocycles. The Hall–Kier alpha value is -0.820. The molecule has 0 spiro atoms. The molecular formula is C14H21N. The molecule has 15 heavy (non-hydrogen) atoms. The molecule has 1 heteroatoms. The lowest BCUT2D eigenvalue weighted by Gasteiger charge is -2.20. The topological polar surface area (TPSA) is 12.0 Å². The van der Waals surface area contributed by atoms with Crippen LogP contribution in [-0.2, 0) is 6.54 Å². The predicted octanol–water partition coefficient (Wildman–Crippen LogP) is 3.45. The maximum atomic E-state index is 3.50. The van der Waals surface area contributed by atoms with Crippen molar-refractivity contribution >= 4 is 0 Å². The Balaban J connectivity index is 1.92. The molecule has 0 bridgehead atoms. The van der Waals surface area contributed by atoms with Crippen LogP contribution in [0.5, 0.6) is 0 Å². The van der Waals surface area contributed by atoms with Crippen molar-refractivity contribution in [1.82, 2.24) is 5.32 Å². The van der Waals surface area contributed by atoms with Gasteiger partial charge in [0.2, 0.25) is 0 Å². The highest BCUT2D eigenvalue weighted by atomic mass is 14.9. The third-order valence-electron chi connectivity index (χ3n) is 2.85. The molecule has 0 unspecified atom stereocenters. The van der Waals surface area contributed by atoms with Crippen LogP contribution >= 0.6 is 0 Å². The fourth-order valence-electron chi connectivity index (χ4n) is 1.69. The highest BCUT2D eigenvalue weighted by molar-refractivity contribution is 5.28. The summed E-state index contributed by atoms with van der Waals surface area (Å²) in [5.74, 6) is 0.870. The highest BCUT2D eigenvalue weighted by Crippen LogP contribution is 2.39. The van der Waals surface area contributed by atoms with Gasteiger partial charge in [-0.1, -0.05) is 24.3 Å². The van der Waals surface area contributed by atoms with E-state index in [1.54, 1.807) is 0 Å². The summed E-state index contributed by atoms with van der Waals surface area (Å²) in [5.41, 5.74) is 3.11. The molecular weight excluding hydrogens is 182 g/mol. The van der Waals surface area contributed by atoms with Gasteiger partial charge in [-0.2, -0.15) is 0 Å². The van der Waals surface area contributed by atoms with Gasteiger partial charge >= 0.3 is 0 Å². The van der Waals surface area contributed by atoms with Gasteiger partial charge in [0, 0.05) is 12.1 Å². The average molecular weight is 203 g/mol. The summed E-state index contributed by atoms with van der Waals surface area (Å²) in [6.07, 6.45) is 2.78. The van der Waals surface area contributed by atoms with Crippen molar-refractivity contribution in [2.75, 3.05) is 0 Å². The van der Waals surface area contributed by atoms with E-state index in [-0.39, 0.29) is 5.54 Å². The molecule has 1 saturated carbocycles. The molecule has 2 rings (SSSR count). The molecule has 82 valence electrons. The van der Waals surface area contributed by atoms with Crippen molar-refractivity contribution in [3.8, 4) is 0 Å². The monoisotopic (exact) mass is 203 g/mol. The van der Waals surface area contributed by atoms with Gasteiger partial charge in [-0.15, -0.1) is 0 Å². The fraction of sp³-hybridized carbons (Fsp3) is 0.571. The Kier molecular flexibility index (Phi) is 2.83. The van der Waals surface area contributed by atoms with Gasteiger partial charge in [0.05, 0.1) is 0 Å². The molecule has 0 amide bonds. The molecule has 1 aliphatic rings. The quantitative estimate of drug-likeness (QED) is 0.793. The third kappa shape index (κ3) is 3.35. The van der Waals surface area contributed by atoms with E-state index in [4.69, 9.17) is 0 Å². The van der Waals surface area contributed by atoms with Crippen molar-refractivity contribution in [1.29, 1.82) is 0 Å². The molecule has 1 aliphatic carbocycles. The van der Waals surface area contributed by atoms with E-state index in [0.717, 1.165) is 12.5 Å². The minimum absolute atomic E-state index is 0.204. The minimum Gasteiger partial charge on any atom is -0.308 e. The second-order valence-electron chi connectivity index (χ2n) is 5.62. The summed E-state index contributed by atoms with van der Waals surface area (Å²) in [6.45, 7) is 7.57. The molecule has 1 N–H and O–H groups in total. The normalized spacial score (nSPS) is 16.7. The highest BCUT2D eigenvalue weighted by Gasteiger charge is 2.22. The summed E-state index contributed by atoms with van der Waals surface area (Å²) in [7, 11) is 0. The second kappa shape index (κ2) is 3.97. The molecule has 1 aromatic carbocycles. The Labute approximate surface area is 92.9 Å². The molecule has 0 aliphatic heterocycles. The van der Waals surface area contributed by atoms with E-state index in [0.29, 0.717) is 0 Å². The first-order valence-corrected chi connectivity index (χ1v) is 5.88. The van der Waals surface area contributed by atoms with Crippen LogP contribution in [0.3, 0.4) is 0 Å². The summed E-state index contributed by atoms with van der Waals surface area (Å²) < 4.78 is 0. The van der Waals surface area contributed by atoms with Gasteiger partial charge in [0.1, 0.15) is 0 Å². The Morgan fingerprint density at radius 1 is 1.13 bits per heavy atom. The smallest absolute Gasteiger partial charge is 0.0210 e. The molecule has 1 fully saturated rings. The molecule has 0 radical (unpaired) electrons. The van der Waals surface area contributed by atoms with Crippen LogP contribution in [0.25, 0.3) is 0 Å². The number of nitrogens with one attached hydrogen (secondary N) is 1. The van der Waals surface area contributed by atoms with Crippen LogP contribution in [-0.4, -0.2) is 5.54 Å². The maximum Gasteiger partial charge on any atom is 0.0210 e. The lowest BCUT2D eigenvalue weighted by atomic mass is 10.1. The van der Waals surface area contributed by atoms with Crippen LogP contribution < -0.4 is 5.32 Å². The van der Waals surface area contributed by atoms with Crippen molar-refractivity contribution in [2.24, 2.45) is 0 Å². The van der Waals surface area contributed by atoms with Crippen LogP contribution in [0.1, 0.15) is 50.7 Å². The fourth-order valence-corrected chi connectivity index (χ4v) is 1.69. The van der Waals surface area contributed by atoms with Crippen LogP contribution in [0, 0.1) is 0 Å². The third-order valence-corrected chi connectivity index (χ3v) is 2.85. The van der Waals surface area contributed by atoms with Crippen molar-refractivity contribution in [3.05, 3.63) is 35.4 Å². The average Bonchev–Trinajstić information content (AvgIpc) is 2.98. The molecule has 0 heterocycles. The molecule has 0 saturated heterocycles. The van der Waals surface area contributed by atoms with Crippen molar-refractivity contribution in [2.45, 2.75) is 51.6 Å². The van der Waals surface area contributed by atoms with E-state index in [2.05, 4.69) is 50.4 Å². The molecule has 0 atom stereocenters. The Bertz CT molecular complexity index is 314. The van der Waals surface area contributed by atoms with Crippen molar-refractivity contribution in [3.63, 3.8) is 0 Å². The van der Waals surface area contributed by atoms with Crippen LogP contribution in [0.4, 0.5) is 0 Å². The van der Waals surface area contributed by atoms with E-state index in [1.165, 1.54) is 24.0 Å². The van der Waals surface area contributed by atoms with E-state index in [1.807, 2.05) is 0 Å². The summed E-state index contributed by atoms with van der Waals surface area (Å²) in [5, 5.41) is 3.50. The van der Waals surface area contributed by atoms with Crippen LogP contribution in [0.15, 0.2) is 24.3 Å². The maximum absolute atomic E-state index is 3.50. The minimum atomic E-state index is 0.204. The first-order valence-electron chi connectivity index (χ1n) is 5.88. The van der Waals surface area contributed by atoms with Gasteiger partial charge in [-0.25, -0.2) is 0 Å². The standard InChI is InChI=1S/C14H21N/c1-14(2,3)15-10-11-4-6-12(7-5-11)13-8-9-13/h4-7,13,15H,8-10H2,1-3H3. The van der Waals surface area contributed by atoms with E-state index < -0.39 is 0 Å².